The first-order chi connectivity index (χ1) is 10.5. The molecule has 0 aliphatic heterocycles. The molecule has 2 aromatic rings. The molecular weight excluding hydrogens is 278 g/mol. The van der Waals surface area contributed by atoms with Crippen molar-refractivity contribution in [2.24, 2.45) is 0 Å². The minimum Gasteiger partial charge on any atom is -0.471 e. The quantitative estimate of drug-likeness (QED) is 0.891. The molecule has 1 aromatic heterocycles. The molecule has 22 heavy (non-hydrogen) atoms. The van der Waals surface area contributed by atoms with Gasteiger partial charge in [0.05, 0.1) is 0 Å². The number of hydrogen-bond donors (Lipinski definition) is 1. The van der Waals surface area contributed by atoms with E-state index in [4.69, 9.17) is 4.74 Å². The first-order valence-corrected chi connectivity index (χ1v) is 7.53. The van der Waals surface area contributed by atoms with Gasteiger partial charge < -0.3 is 10.1 Å². The highest BCUT2D eigenvalue weighted by molar-refractivity contribution is 5.92. The van der Waals surface area contributed by atoms with E-state index >= 15 is 0 Å². The third-order valence-electron chi connectivity index (χ3n) is 3.20. The SMILES string of the molecule is CC(C)NC(=O)c1ccn(COc2ccc(C(C)C)cc2)n1. The Morgan fingerprint density at radius 2 is 1.86 bits per heavy atom. The Balaban J connectivity index is 1.92. The van der Waals surface area contributed by atoms with Gasteiger partial charge in [-0.15, -0.1) is 0 Å². The van der Waals surface area contributed by atoms with Crippen LogP contribution in [0.4, 0.5) is 0 Å². The van der Waals surface area contributed by atoms with Crippen molar-refractivity contribution in [1.82, 2.24) is 15.1 Å². The number of carbonyl (C=O) groups excluding carboxylic acids is 1. The Morgan fingerprint density at radius 3 is 2.45 bits per heavy atom. The molecule has 1 heterocycles. The van der Waals surface area contributed by atoms with Crippen LogP contribution in [0.15, 0.2) is 36.5 Å². The Morgan fingerprint density at radius 1 is 1.18 bits per heavy atom. The highest BCUT2D eigenvalue weighted by Gasteiger charge is 2.10. The van der Waals surface area contributed by atoms with Gasteiger partial charge in [0.15, 0.2) is 6.73 Å². The van der Waals surface area contributed by atoms with Crippen LogP contribution >= 0.6 is 0 Å². The number of carbonyl (C=O) groups is 1. The molecule has 0 radical (unpaired) electrons. The fraction of sp³-hybridized carbons (Fsp3) is 0.412. The van der Waals surface area contributed by atoms with Gasteiger partial charge in [0, 0.05) is 12.2 Å². The summed E-state index contributed by atoms with van der Waals surface area (Å²) in [5, 5.41) is 7.01. The molecular formula is C17H23N3O2. The van der Waals surface area contributed by atoms with Gasteiger partial charge >= 0.3 is 0 Å². The summed E-state index contributed by atoms with van der Waals surface area (Å²) in [4.78, 5) is 11.8. The number of benzene rings is 1. The second kappa shape index (κ2) is 7.11. The smallest absolute Gasteiger partial charge is 0.271 e. The maximum Gasteiger partial charge on any atom is 0.271 e. The second-order valence-electron chi connectivity index (χ2n) is 5.87. The molecule has 1 amide bonds. The van der Waals surface area contributed by atoms with Crippen molar-refractivity contribution >= 4 is 5.91 Å². The zero-order valence-corrected chi connectivity index (χ0v) is 13.5. The van der Waals surface area contributed by atoms with Crippen LogP contribution in [0.5, 0.6) is 5.75 Å². The fourth-order valence-electron chi connectivity index (χ4n) is 1.98. The van der Waals surface area contributed by atoms with Crippen LogP contribution < -0.4 is 10.1 Å². The molecule has 0 aliphatic rings. The zero-order valence-electron chi connectivity index (χ0n) is 13.5. The number of nitrogens with one attached hydrogen (secondary N) is 1. The van der Waals surface area contributed by atoms with Gasteiger partial charge in [-0.25, -0.2) is 4.68 Å². The van der Waals surface area contributed by atoms with Crippen LogP contribution in [-0.4, -0.2) is 21.7 Å². The van der Waals surface area contributed by atoms with Crippen molar-refractivity contribution < 1.29 is 9.53 Å². The molecule has 1 aromatic carbocycles. The van der Waals surface area contributed by atoms with Crippen LogP contribution in [0.3, 0.4) is 0 Å². The van der Waals surface area contributed by atoms with Gasteiger partial charge in [-0.05, 0) is 43.5 Å². The van der Waals surface area contributed by atoms with Crippen molar-refractivity contribution in [2.75, 3.05) is 0 Å². The van der Waals surface area contributed by atoms with Gasteiger partial charge in [0.25, 0.3) is 5.91 Å². The van der Waals surface area contributed by atoms with Crippen LogP contribution in [0.2, 0.25) is 0 Å². The maximum absolute atomic E-state index is 11.8. The topological polar surface area (TPSA) is 56.2 Å². The number of rotatable bonds is 6. The van der Waals surface area contributed by atoms with Crippen LogP contribution in [0.25, 0.3) is 0 Å². The van der Waals surface area contributed by atoms with E-state index in [1.165, 1.54) is 5.56 Å². The monoisotopic (exact) mass is 301 g/mol. The molecule has 0 aliphatic carbocycles. The average molecular weight is 301 g/mol. The largest absolute Gasteiger partial charge is 0.471 e. The van der Waals surface area contributed by atoms with Crippen molar-refractivity contribution in [1.29, 1.82) is 0 Å². The lowest BCUT2D eigenvalue weighted by atomic mass is 10.0. The summed E-state index contributed by atoms with van der Waals surface area (Å²) >= 11 is 0. The Labute approximate surface area is 131 Å². The molecule has 0 spiro atoms. The number of hydrogen-bond acceptors (Lipinski definition) is 3. The minimum absolute atomic E-state index is 0.0911. The lowest BCUT2D eigenvalue weighted by Gasteiger charge is -2.09. The molecule has 1 N–H and O–H groups in total. The van der Waals surface area contributed by atoms with Crippen molar-refractivity contribution in [3.05, 3.63) is 47.8 Å². The van der Waals surface area contributed by atoms with Gasteiger partial charge in [-0.1, -0.05) is 26.0 Å². The molecule has 0 atom stereocenters. The predicted octanol–water partition coefficient (Wildman–Crippen LogP) is 3.18. The summed E-state index contributed by atoms with van der Waals surface area (Å²) in [6.45, 7) is 8.42. The van der Waals surface area contributed by atoms with Gasteiger partial charge in [-0.3, -0.25) is 4.79 Å². The molecule has 0 saturated heterocycles. The first-order valence-electron chi connectivity index (χ1n) is 7.53. The van der Waals surface area contributed by atoms with Crippen molar-refractivity contribution in [2.45, 2.75) is 46.4 Å². The summed E-state index contributed by atoms with van der Waals surface area (Å²) in [6, 6.07) is 9.79. The number of amides is 1. The van der Waals surface area contributed by atoms with Gasteiger partial charge in [0.2, 0.25) is 0 Å². The number of ether oxygens (including phenoxy) is 1. The van der Waals surface area contributed by atoms with Crippen LogP contribution in [-0.2, 0) is 6.73 Å². The van der Waals surface area contributed by atoms with Crippen molar-refractivity contribution in [3.63, 3.8) is 0 Å². The highest BCUT2D eigenvalue weighted by atomic mass is 16.5. The number of nitrogens with zero attached hydrogens (tertiary/aromatic N) is 2. The molecule has 0 unspecified atom stereocenters. The lowest BCUT2D eigenvalue weighted by molar-refractivity contribution is 0.0936. The molecule has 5 nitrogen and oxygen atoms in total. The second-order valence-corrected chi connectivity index (χ2v) is 5.87. The maximum atomic E-state index is 11.8. The molecule has 2 rings (SSSR count). The van der Waals surface area contributed by atoms with E-state index in [1.807, 2.05) is 26.0 Å². The zero-order chi connectivity index (χ0) is 16.1. The average Bonchev–Trinajstić information content (AvgIpc) is 2.94. The van der Waals surface area contributed by atoms with E-state index in [9.17, 15) is 4.79 Å². The normalized spacial score (nSPS) is 11.0. The van der Waals surface area contributed by atoms with E-state index in [-0.39, 0.29) is 18.7 Å². The molecule has 0 saturated carbocycles. The molecule has 5 heteroatoms. The van der Waals surface area contributed by atoms with E-state index in [2.05, 4.69) is 36.4 Å². The van der Waals surface area contributed by atoms with Crippen LogP contribution in [0.1, 0.15) is 49.7 Å². The summed E-state index contributed by atoms with van der Waals surface area (Å²) in [6.07, 6.45) is 1.73. The Hall–Kier alpha value is -2.30. The summed E-state index contributed by atoms with van der Waals surface area (Å²) < 4.78 is 7.27. The summed E-state index contributed by atoms with van der Waals surface area (Å²) in [5.74, 6) is 1.12. The molecule has 0 fully saturated rings. The fourth-order valence-corrected chi connectivity index (χ4v) is 1.98. The first kappa shape index (κ1) is 16.1. The summed E-state index contributed by atoms with van der Waals surface area (Å²) in [7, 11) is 0. The van der Waals surface area contributed by atoms with E-state index < -0.39 is 0 Å². The van der Waals surface area contributed by atoms with E-state index in [0.717, 1.165) is 5.75 Å². The standard InChI is InChI=1S/C17H23N3O2/c1-12(2)14-5-7-15(8-6-14)22-11-20-10-9-16(19-20)17(21)18-13(3)4/h5-10,12-13H,11H2,1-4H3,(H,18,21). The highest BCUT2D eigenvalue weighted by Crippen LogP contribution is 2.18. The lowest BCUT2D eigenvalue weighted by Crippen LogP contribution is -2.30. The van der Waals surface area contributed by atoms with Gasteiger partial charge in [-0.2, -0.15) is 5.10 Å². The van der Waals surface area contributed by atoms with Crippen LogP contribution in [0, 0.1) is 0 Å². The van der Waals surface area contributed by atoms with E-state index in [1.54, 1.807) is 16.9 Å². The molecule has 0 bridgehead atoms. The molecule has 118 valence electrons. The van der Waals surface area contributed by atoms with E-state index in [0.29, 0.717) is 11.6 Å². The summed E-state index contributed by atoms with van der Waals surface area (Å²) in [5.41, 5.74) is 1.67. The van der Waals surface area contributed by atoms with Crippen molar-refractivity contribution in [3.8, 4) is 5.75 Å². The Bertz CT molecular complexity index is 615. The Kier molecular flexibility index (Phi) is 5.20. The predicted molar refractivity (Wildman–Crippen MR) is 86.0 cm³/mol. The third-order valence-corrected chi connectivity index (χ3v) is 3.20. The number of aromatic nitrogens is 2. The minimum atomic E-state index is -0.171. The third kappa shape index (κ3) is 4.35. The van der Waals surface area contributed by atoms with Gasteiger partial charge in [0.1, 0.15) is 11.4 Å².